The highest BCUT2D eigenvalue weighted by molar-refractivity contribution is 6.12. The number of hydrogen-bond donors (Lipinski definition) is 0. The van der Waals surface area contributed by atoms with Crippen LogP contribution in [0.25, 0.3) is 78.0 Å². The van der Waals surface area contributed by atoms with Crippen LogP contribution in [0.5, 0.6) is 0 Å². The fraction of sp³-hybridized carbons (Fsp3) is 0.224. The average molecular weight is 701 g/mol. The van der Waals surface area contributed by atoms with Gasteiger partial charge in [-0.1, -0.05) is 111 Å². The molecule has 0 spiro atoms. The number of para-hydroxylation sites is 1. The van der Waals surface area contributed by atoms with E-state index in [9.17, 15) is 5.26 Å². The monoisotopic (exact) mass is 700 g/mol. The molecule has 0 N–H and O–H groups in total. The summed E-state index contributed by atoms with van der Waals surface area (Å²) in [5.74, 6) is 4.09. The van der Waals surface area contributed by atoms with Crippen LogP contribution < -0.4 is 0 Å². The molecule has 8 aromatic rings. The first-order valence-corrected chi connectivity index (χ1v) is 19.2. The molecule has 2 bridgehead atoms. The largest absolute Gasteiger partial charge is 0.456 e. The minimum Gasteiger partial charge on any atom is -0.456 e. The molecule has 5 heteroatoms. The van der Waals surface area contributed by atoms with Crippen molar-refractivity contribution in [2.24, 2.45) is 17.8 Å². The molecule has 2 heterocycles. The number of nitrogens with zero attached hydrogens (tertiary/aromatic N) is 4. The number of hydrogen-bond acceptors (Lipinski definition) is 5. The number of benzene rings is 6. The van der Waals surface area contributed by atoms with Gasteiger partial charge in [0, 0.05) is 32.8 Å². The molecule has 2 unspecified atom stereocenters. The maximum atomic E-state index is 10.2. The van der Waals surface area contributed by atoms with Gasteiger partial charge < -0.3 is 4.42 Å². The zero-order valence-electron chi connectivity index (χ0n) is 30.6. The molecule has 4 atom stereocenters. The summed E-state index contributed by atoms with van der Waals surface area (Å²) in [5, 5.41) is 14.0. The summed E-state index contributed by atoms with van der Waals surface area (Å²) in [6, 6.07) is 46.3. The standard InChI is InChI=1S/C49H40N4O/c1-30-23-32-24-31(2)27-49(26-30,28-32)37-19-15-33(16-20-37)35-17-21-38-36(29-50)18-22-39(42(38)25-35)47-51-46(34-9-4-3-5-10-34)52-48(53-47)41-12-8-14-44-45(41)40-11-6-7-13-43(40)54-44/h3-22,25,30-32H,23-24,26-28H2,1-2H3/t30-,31+,32?,49?. The molecule has 0 radical (unpaired) electrons. The summed E-state index contributed by atoms with van der Waals surface area (Å²) >= 11 is 0. The highest BCUT2D eigenvalue weighted by atomic mass is 16.3. The predicted octanol–water partition coefficient (Wildman–Crippen LogP) is 12.6. The van der Waals surface area contributed by atoms with E-state index >= 15 is 0 Å². The van der Waals surface area contributed by atoms with Crippen LogP contribution in [0.4, 0.5) is 0 Å². The third-order valence-corrected chi connectivity index (χ3v) is 12.1. The summed E-state index contributed by atoms with van der Waals surface area (Å²) in [6.07, 6.45) is 6.64. The van der Waals surface area contributed by atoms with Crippen molar-refractivity contribution in [3.8, 4) is 51.4 Å². The molecule has 5 nitrogen and oxygen atoms in total. The molecule has 2 saturated carbocycles. The summed E-state index contributed by atoms with van der Waals surface area (Å²) in [6.45, 7) is 4.90. The van der Waals surface area contributed by atoms with Gasteiger partial charge in [-0.05, 0) is 108 Å². The van der Waals surface area contributed by atoms with Gasteiger partial charge in [-0.3, -0.25) is 0 Å². The van der Waals surface area contributed by atoms with Crippen LogP contribution in [0.3, 0.4) is 0 Å². The first-order chi connectivity index (χ1) is 26.4. The number of rotatable bonds is 5. The lowest BCUT2D eigenvalue weighted by Gasteiger charge is -2.50. The van der Waals surface area contributed by atoms with Crippen LogP contribution >= 0.6 is 0 Å². The summed E-state index contributed by atoms with van der Waals surface area (Å²) < 4.78 is 6.25. The van der Waals surface area contributed by atoms with Gasteiger partial charge in [0.05, 0.1) is 11.6 Å². The van der Waals surface area contributed by atoms with E-state index in [1.54, 1.807) is 0 Å². The fourth-order valence-electron chi connectivity index (χ4n) is 10.2. The molecule has 54 heavy (non-hydrogen) atoms. The van der Waals surface area contributed by atoms with E-state index in [0.717, 1.165) is 78.3 Å². The van der Waals surface area contributed by atoms with E-state index in [0.29, 0.717) is 23.0 Å². The van der Waals surface area contributed by atoms with Gasteiger partial charge in [0.2, 0.25) is 0 Å². The van der Waals surface area contributed by atoms with Crippen LogP contribution in [-0.2, 0) is 5.41 Å². The third-order valence-electron chi connectivity index (χ3n) is 12.1. The van der Waals surface area contributed by atoms with Gasteiger partial charge in [-0.2, -0.15) is 5.26 Å². The zero-order valence-corrected chi connectivity index (χ0v) is 30.6. The van der Waals surface area contributed by atoms with Crippen LogP contribution in [0.2, 0.25) is 0 Å². The topological polar surface area (TPSA) is 75.6 Å². The Balaban J connectivity index is 1.12. The second-order valence-corrected chi connectivity index (χ2v) is 16.0. The minimum atomic E-state index is 0.288. The van der Waals surface area contributed by atoms with Crippen LogP contribution in [0.1, 0.15) is 57.1 Å². The number of nitriles is 1. The van der Waals surface area contributed by atoms with E-state index in [1.165, 1.54) is 37.7 Å². The van der Waals surface area contributed by atoms with Gasteiger partial charge in [0.1, 0.15) is 11.2 Å². The highest BCUT2D eigenvalue weighted by Crippen LogP contribution is 2.54. The third kappa shape index (κ3) is 5.48. The van der Waals surface area contributed by atoms with Crippen molar-refractivity contribution in [3.63, 3.8) is 0 Å². The summed E-state index contributed by atoms with van der Waals surface area (Å²) in [7, 11) is 0. The Morgan fingerprint density at radius 1 is 0.574 bits per heavy atom. The molecule has 262 valence electrons. The Morgan fingerprint density at radius 2 is 1.26 bits per heavy atom. The maximum Gasteiger partial charge on any atom is 0.164 e. The molecular weight excluding hydrogens is 661 g/mol. The molecule has 0 saturated heterocycles. The van der Waals surface area contributed by atoms with E-state index in [1.807, 2.05) is 72.8 Å². The van der Waals surface area contributed by atoms with Gasteiger partial charge in [-0.25, -0.2) is 15.0 Å². The normalized spacial score (nSPS) is 21.0. The van der Waals surface area contributed by atoms with Crippen molar-refractivity contribution in [2.75, 3.05) is 0 Å². The zero-order chi connectivity index (χ0) is 36.4. The molecule has 0 aliphatic heterocycles. The second kappa shape index (κ2) is 12.8. The van der Waals surface area contributed by atoms with E-state index in [4.69, 9.17) is 19.4 Å². The Hall–Kier alpha value is -6.12. The van der Waals surface area contributed by atoms with Gasteiger partial charge in [-0.15, -0.1) is 0 Å². The summed E-state index contributed by atoms with van der Waals surface area (Å²) in [4.78, 5) is 15.4. The number of fused-ring (bicyclic) bond motifs is 6. The lowest BCUT2D eigenvalue weighted by molar-refractivity contribution is 0.0780. The van der Waals surface area contributed by atoms with E-state index in [-0.39, 0.29) is 5.41 Å². The van der Waals surface area contributed by atoms with Crippen molar-refractivity contribution in [3.05, 3.63) is 139 Å². The Kier molecular flexibility index (Phi) is 7.70. The maximum absolute atomic E-state index is 10.2. The van der Waals surface area contributed by atoms with Crippen LogP contribution in [-0.4, -0.2) is 15.0 Å². The predicted molar refractivity (Wildman–Crippen MR) is 218 cm³/mol. The fourth-order valence-corrected chi connectivity index (χ4v) is 10.2. The molecule has 6 aromatic carbocycles. The SMILES string of the molecule is C[C@@H]1CC2C[C@H](C)CC(c3ccc(-c4ccc5c(C#N)ccc(-c6nc(-c7ccccc7)nc(-c7cccc8oc9ccccc9c78)n6)c5c4)cc3)(C2)C1. The molecule has 2 aromatic heterocycles. The molecule has 2 aliphatic rings. The van der Waals surface area contributed by atoms with Crippen molar-refractivity contribution in [1.82, 2.24) is 15.0 Å². The van der Waals surface area contributed by atoms with Crippen LogP contribution in [0.15, 0.2) is 132 Å². The van der Waals surface area contributed by atoms with Crippen LogP contribution in [0, 0.1) is 29.1 Å². The lowest BCUT2D eigenvalue weighted by atomic mass is 9.54. The first kappa shape index (κ1) is 32.5. The summed E-state index contributed by atoms with van der Waals surface area (Å²) in [5.41, 5.74) is 8.90. The molecule has 2 fully saturated rings. The minimum absolute atomic E-state index is 0.288. The molecule has 10 rings (SSSR count). The first-order valence-electron chi connectivity index (χ1n) is 19.2. The molecule has 2 aliphatic carbocycles. The van der Waals surface area contributed by atoms with Crippen molar-refractivity contribution in [2.45, 2.75) is 51.4 Å². The van der Waals surface area contributed by atoms with Gasteiger partial charge in [0.15, 0.2) is 17.5 Å². The van der Waals surface area contributed by atoms with Gasteiger partial charge in [0.25, 0.3) is 0 Å². The lowest BCUT2D eigenvalue weighted by Crippen LogP contribution is -2.42. The van der Waals surface area contributed by atoms with E-state index in [2.05, 4.69) is 74.5 Å². The van der Waals surface area contributed by atoms with Crippen molar-refractivity contribution in [1.29, 1.82) is 5.26 Å². The van der Waals surface area contributed by atoms with Crippen molar-refractivity contribution >= 4 is 32.7 Å². The molecular formula is C49H40N4O. The second-order valence-electron chi connectivity index (χ2n) is 16.0. The van der Waals surface area contributed by atoms with Crippen molar-refractivity contribution < 1.29 is 4.42 Å². The quantitative estimate of drug-likeness (QED) is 0.179. The molecule has 0 amide bonds. The average Bonchev–Trinajstić information content (AvgIpc) is 3.59. The smallest absolute Gasteiger partial charge is 0.164 e. The Labute approximate surface area is 315 Å². The Morgan fingerprint density at radius 3 is 2.04 bits per heavy atom. The highest BCUT2D eigenvalue weighted by Gasteiger charge is 2.45. The van der Waals surface area contributed by atoms with Gasteiger partial charge >= 0.3 is 0 Å². The number of aromatic nitrogens is 3. The van der Waals surface area contributed by atoms with E-state index < -0.39 is 0 Å². The Bertz CT molecular complexity index is 2740. The number of furan rings is 1.